The normalized spacial score (nSPS) is 15.8. The second kappa shape index (κ2) is 8.91. The SMILES string of the molecule is CC(C)S(=O)(=O)Nc1ccc(CCN2CCN(c3nsc4ccccc34)CC2)cc1. The fraction of sp³-hybridized carbons (Fsp3) is 0.409. The maximum Gasteiger partial charge on any atom is 0.235 e. The lowest BCUT2D eigenvalue weighted by Gasteiger charge is -2.35. The molecule has 0 bridgehead atoms. The van der Waals surface area contributed by atoms with Crippen LogP contribution in [0.15, 0.2) is 48.5 Å². The first kappa shape index (κ1) is 21.1. The van der Waals surface area contributed by atoms with E-state index < -0.39 is 15.3 Å². The Balaban J connectivity index is 1.28. The van der Waals surface area contributed by atoms with Gasteiger partial charge in [-0.15, -0.1) is 0 Å². The van der Waals surface area contributed by atoms with Gasteiger partial charge >= 0.3 is 0 Å². The van der Waals surface area contributed by atoms with Crippen molar-refractivity contribution < 1.29 is 8.42 Å². The van der Waals surface area contributed by atoms with Gasteiger partial charge in [0.15, 0.2) is 0 Å². The van der Waals surface area contributed by atoms with Gasteiger partial charge in [-0.2, -0.15) is 4.37 Å². The lowest BCUT2D eigenvalue weighted by Crippen LogP contribution is -2.47. The predicted octanol–water partition coefficient (Wildman–Crippen LogP) is 3.81. The molecule has 0 atom stereocenters. The summed E-state index contributed by atoms with van der Waals surface area (Å²) in [5.41, 5.74) is 1.84. The average Bonchev–Trinajstić information content (AvgIpc) is 3.17. The van der Waals surface area contributed by atoms with Gasteiger partial charge in [-0.3, -0.25) is 9.62 Å². The van der Waals surface area contributed by atoms with Gasteiger partial charge in [-0.05, 0) is 61.6 Å². The molecule has 4 rings (SSSR count). The number of benzene rings is 2. The minimum absolute atomic E-state index is 0.446. The van der Waals surface area contributed by atoms with Crippen LogP contribution in [0.3, 0.4) is 0 Å². The summed E-state index contributed by atoms with van der Waals surface area (Å²) in [5.74, 6) is 1.12. The van der Waals surface area contributed by atoms with E-state index in [-0.39, 0.29) is 0 Å². The summed E-state index contributed by atoms with van der Waals surface area (Å²) >= 11 is 1.57. The minimum atomic E-state index is -3.30. The molecule has 0 spiro atoms. The molecule has 0 unspecified atom stereocenters. The monoisotopic (exact) mass is 444 g/mol. The van der Waals surface area contributed by atoms with Crippen molar-refractivity contribution in [3.8, 4) is 0 Å². The van der Waals surface area contributed by atoms with Crippen LogP contribution in [0.2, 0.25) is 0 Å². The van der Waals surface area contributed by atoms with Crippen LogP contribution in [0.1, 0.15) is 19.4 Å². The second-order valence-corrected chi connectivity index (χ2v) is 11.0. The summed E-state index contributed by atoms with van der Waals surface area (Å²) in [7, 11) is -3.30. The topological polar surface area (TPSA) is 65.5 Å². The van der Waals surface area contributed by atoms with E-state index in [9.17, 15) is 8.42 Å². The fourth-order valence-corrected chi connectivity index (χ4v) is 5.09. The van der Waals surface area contributed by atoms with E-state index in [4.69, 9.17) is 0 Å². The number of aromatic nitrogens is 1. The molecule has 2 heterocycles. The van der Waals surface area contributed by atoms with Crippen molar-refractivity contribution in [2.45, 2.75) is 25.5 Å². The highest BCUT2D eigenvalue weighted by Crippen LogP contribution is 2.29. The van der Waals surface area contributed by atoms with Gasteiger partial charge in [0.1, 0.15) is 5.82 Å². The largest absolute Gasteiger partial charge is 0.353 e. The zero-order valence-electron chi connectivity index (χ0n) is 17.4. The lowest BCUT2D eigenvalue weighted by atomic mass is 10.1. The van der Waals surface area contributed by atoms with Crippen LogP contribution in [0.4, 0.5) is 11.5 Å². The van der Waals surface area contributed by atoms with E-state index in [0.717, 1.165) is 45.0 Å². The number of hydrogen-bond donors (Lipinski definition) is 1. The molecule has 30 heavy (non-hydrogen) atoms. The van der Waals surface area contributed by atoms with E-state index in [1.807, 2.05) is 24.3 Å². The minimum Gasteiger partial charge on any atom is -0.353 e. The Morgan fingerprint density at radius 2 is 1.73 bits per heavy atom. The molecule has 8 heteroatoms. The van der Waals surface area contributed by atoms with E-state index in [2.05, 4.69) is 43.2 Å². The molecule has 3 aromatic rings. The number of piperazine rings is 1. The van der Waals surface area contributed by atoms with Gasteiger partial charge in [-0.1, -0.05) is 24.3 Å². The Labute approximate surface area is 182 Å². The van der Waals surface area contributed by atoms with Crippen LogP contribution in [-0.2, 0) is 16.4 Å². The predicted molar refractivity (Wildman–Crippen MR) is 126 cm³/mol. The Hall–Kier alpha value is -2.16. The molecule has 1 aliphatic heterocycles. The molecule has 0 aliphatic carbocycles. The highest BCUT2D eigenvalue weighted by atomic mass is 32.2. The Morgan fingerprint density at radius 1 is 1.03 bits per heavy atom. The Bertz CT molecular complexity index is 1090. The molecule has 1 aromatic heterocycles. The molecule has 1 N–H and O–H groups in total. The highest BCUT2D eigenvalue weighted by Gasteiger charge is 2.20. The van der Waals surface area contributed by atoms with Crippen molar-refractivity contribution in [1.82, 2.24) is 9.27 Å². The van der Waals surface area contributed by atoms with Gasteiger partial charge in [0.2, 0.25) is 10.0 Å². The average molecular weight is 445 g/mol. The molecule has 6 nitrogen and oxygen atoms in total. The van der Waals surface area contributed by atoms with Gasteiger partial charge in [0.25, 0.3) is 0 Å². The fourth-order valence-electron chi connectivity index (χ4n) is 3.59. The first-order valence-corrected chi connectivity index (χ1v) is 12.7. The summed E-state index contributed by atoms with van der Waals surface area (Å²) < 4.78 is 32.5. The van der Waals surface area contributed by atoms with Crippen LogP contribution < -0.4 is 9.62 Å². The van der Waals surface area contributed by atoms with Gasteiger partial charge < -0.3 is 4.90 Å². The number of fused-ring (bicyclic) bond motifs is 1. The zero-order chi connectivity index (χ0) is 21.1. The first-order chi connectivity index (χ1) is 14.4. The molecule has 0 radical (unpaired) electrons. The molecule has 0 amide bonds. The van der Waals surface area contributed by atoms with E-state index in [0.29, 0.717) is 5.69 Å². The number of nitrogens with zero attached hydrogens (tertiary/aromatic N) is 3. The van der Waals surface area contributed by atoms with Crippen molar-refractivity contribution in [2.75, 3.05) is 42.3 Å². The highest BCUT2D eigenvalue weighted by molar-refractivity contribution is 7.93. The molecule has 2 aromatic carbocycles. The molecule has 1 saturated heterocycles. The van der Waals surface area contributed by atoms with Crippen molar-refractivity contribution >= 4 is 43.1 Å². The summed E-state index contributed by atoms with van der Waals surface area (Å²) in [6, 6.07) is 16.1. The van der Waals surface area contributed by atoms with Crippen molar-refractivity contribution in [3.63, 3.8) is 0 Å². The van der Waals surface area contributed by atoms with Crippen LogP contribution >= 0.6 is 11.5 Å². The lowest BCUT2D eigenvalue weighted by molar-refractivity contribution is 0.261. The van der Waals surface area contributed by atoms with Crippen LogP contribution in [0.25, 0.3) is 10.1 Å². The summed E-state index contributed by atoms with van der Waals surface area (Å²) in [5, 5.41) is 0.808. The Morgan fingerprint density at radius 3 is 2.43 bits per heavy atom. The summed E-state index contributed by atoms with van der Waals surface area (Å²) in [6.07, 6.45) is 0.955. The van der Waals surface area contributed by atoms with Crippen LogP contribution in [-0.4, -0.2) is 55.7 Å². The number of rotatable bonds is 7. The van der Waals surface area contributed by atoms with Crippen molar-refractivity contribution in [2.24, 2.45) is 0 Å². The van der Waals surface area contributed by atoms with E-state index >= 15 is 0 Å². The van der Waals surface area contributed by atoms with Crippen LogP contribution in [0, 0.1) is 0 Å². The third-order valence-electron chi connectivity index (χ3n) is 5.58. The molecular formula is C22H28N4O2S2. The van der Waals surface area contributed by atoms with Gasteiger partial charge in [0, 0.05) is 43.8 Å². The molecular weight excluding hydrogens is 416 g/mol. The summed E-state index contributed by atoms with van der Waals surface area (Å²) in [4.78, 5) is 4.88. The zero-order valence-corrected chi connectivity index (χ0v) is 19.0. The third-order valence-corrected chi connectivity index (χ3v) is 8.16. The maximum absolute atomic E-state index is 12.0. The van der Waals surface area contributed by atoms with E-state index in [1.165, 1.54) is 15.6 Å². The number of nitrogens with one attached hydrogen (secondary N) is 1. The number of anilines is 2. The van der Waals surface area contributed by atoms with Crippen molar-refractivity contribution in [1.29, 1.82) is 0 Å². The van der Waals surface area contributed by atoms with Crippen LogP contribution in [0.5, 0.6) is 0 Å². The quantitative estimate of drug-likeness (QED) is 0.600. The molecule has 0 saturated carbocycles. The molecule has 1 aliphatic rings. The number of sulfonamides is 1. The van der Waals surface area contributed by atoms with Gasteiger partial charge in [0.05, 0.1) is 9.95 Å². The molecule has 160 valence electrons. The standard InChI is InChI=1S/C22H28N4O2S2/c1-17(2)30(27,28)24-19-9-7-18(8-10-19)11-12-25-13-15-26(16-14-25)22-20-5-3-4-6-21(20)29-23-22/h3-10,17,24H,11-16H2,1-2H3. The molecule has 1 fully saturated rings. The maximum atomic E-state index is 12.0. The van der Waals surface area contributed by atoms with E-state index in [1.54, 1.807) is 25.4 Å². The van der Waals surface area contributed by atoms with Gasteiger partial charge in [-0.25, -0.2) is 8.42 Å². The Kier molecular flexibility index (Phi) is 6.26. The second-order valence-electron chi connectivity index (χ2n) is 7.97. The van der Waals surface area contributed by atoms with Crippen molar-refractivity contribution in [3.05, 3.63) is 54.1 Å². The number of hydrogen-bond acceptors (Lipinski definition) is 6. The summed E-state index contributed by atoms with van der Waals surface area (Å²) in [6.45, 7) is 8.38. The third kappa shape index (κ3) is 4.77. The first-order valence-electron chi connectivity index (χ1n) is 10.3. The smallest absolute Gasteiger partial charge is 0.235 e.